The number of nitrogens with two attached hydrogens (primary N) is 1. The maximum atomic E-state index is 6.31. The molecular formula is C12H16ClN. The van der Waals surface area contributed by atoms with E-state index in [0.29, 0.717) is 0 Å². The van der Waals surface area contributed by atoms with Crippen LogP contribution in [0.3, 0.4) is 0 Å². The summed E-state index contributed by atoms with van der Waals surface area (Å²) in [5, 5.41) is 0.914. The van der Waals surface area contributed by atoms with Crippen molar-refractivity contribution in [3.63, 3.8) is 0 Å². The normalized spacial score (nSPS) is 19.1. The molecule has 2 heteroatoms. The Morgan fingerprint density at radius 2 is 2.14 bits per heavy atom. The van der Waals surface area contributed by atoms with Crippen LogP contribution in [0.5, 0.6) is 0 Å². The number of hydrogen-bond donors (Lipinski definition) is 1. The molecule has 0 amide bonds. The summed E-state index contributed by atoms with van der Waals surface area (Å²) in [5.74, 6) is 0. The first-order valence-electron chi connectivity index (χ1n) is 5.15. The maximum absolute atomic E-state index is 6.31. The lowest BCUT2D eigenvalue weighted by Crippen LogP contribution is -2.41. The molecule has 1 aromatic rings. The fourth-order valence-corrected chi connectivity index (χ4v) is 2.57. The van der Waals surface area contributed by atoms with E-state index in [-0.39, 0.29) is 5.41 Å². The fourth-order valence-electron chi connectivity index (χ4n) is 2.24. The van der Waals surface area contributed by atoms with Crippen LogP contribution in [0, 0.1) is 6.92 Å². The van der Waals surface area contributed by atoms with Crippen LogP contribution in [0.2, 0.25) is 5.02 Å². The van der Waals surface area contributed by atoms with E-state index in [1.807, 2.05) is 0 Å². The van der Waals surface area contributed by atoms with Crippen LogP contribution < -0.4 is 5.73 Å². The van der Waals surface area contributed by atoms with E-state index in [0.717, 1.165) is 17.1 Å². The third-order valence-electron chi connectivity index (χ3n) is 3.46. The molecule has 1 saturated carbocycles. The molecule has 1 nitrogen and oxygen atoms in total. The molecule has 2 rings (SSSR count). The first kappa shape index (κ1) is 10.0. The Morgan fingerprint density at radius 1 is 1.43 bits per heavy atom. The van der Waals surface area contributed by atoms with E-state index in [9.17, 15) is 0 Å². The van der Waals surface area contributed by atoms with Crippen LogP contribution in [0.4, 0.5) is 0 Å². The lowest BCUT2D eigenvalue weighted by molar-refractivity contribution is 0.253. The van der Waals surface area contributed by atoms with E-state index in [1.54, 1.807) is 0 Å². The van der Waals surface area contributed by atoms with Crippen LogP contribution in [-0.2, 0) is 5.41 Å². The monoisotopic (exact) mass is 209 g/mol. The van der Waals surface area contributed by atoms with Crippen molar-refractivity contribution in [1.82, 2.24) is 0 Å². The standard InChI is InChI=1S/C12H16ClN/c1-9-4-2-5-10(11(9)13)12(8-14)6-3-7-12/h2,4-5H,3,6-8,14H2,1H3. The van der Waals surface area contributed by atoms with Gasteiger partial charge < -0.3 is 5.73 Å². The van der Waals surface area contributed by atoms with Gasteiger partial charge in [0.25, 0.3) is 0 Å². The zero-order valence-corrected chi connectivity index (χ0v) is 9.27. The number of rotatable bonds is 2. The molecule has 14 heavy (non-hydrogen) atoms. The van der Waals surface area contributed by atoms with Crippen molar-refractivity contribution < 1.29 is 0 Å². The minimum Gasteiger partial charge on any atom is -0.330 e. The molecular weight excluding hydrogens is 194 g/mol. The van der Waals surface area contributed by atoms with Gasteiger partial charge in [-0.05, 0) is 30.9 Å². The highest BCUT2D eigenvalue weighted by Gasteiger charge is 2.38. The van der Waals surface area contributed by atoms with Gasteiger partial charge >= 0.3 is 0 Å². The highest BCUT2D eigenvalue weighted by molar-refractivity contribution is 6.32. The maximum Gasteiger partial charge on any atom is 0.0473 e. The summed E-state index contributed by atoms with van der Waals surface area (Å²) >= 11 is 6.31. The van der Waals surface area contributed by atoms with Crippen molar-refractivity contribution in [1.29, 1.82) is 0 Å². The molecule has 0 saturated heterocycles. The number of halogens is 1. The Labute approximate surface area is 90.3 Å². The molecule has 0 unspecified atom stereocenters. The van der Waals surface area contributed by atoms with Crippen molar-refractivity contribution in [3.05, 3.63) is 34.3 Å². The molecule has 76 valence electrons. The summed E-state index contributed by atoms with van der Waals surface area (Å²) in [5.41, 5.74) is 8.46. The summed E-state index contributed by atoms with van der Waals surface area (Å²) in [4.78, 5) is 0. The van der Waals surface area contributed by atoms with Crippen molar-refractivity contribution in [3.8, 4) is 0 Å². The van der Waals surface area contributed by atoms with Gasteiger partial charge in [0.1, 0.15) is 0 Å². The summed E-state index contributed by atoms with van der Waals surface area (Å²) in [6.07, 6.45) is 3.65. The van der Waals surface area contributed by atoms with Crippen LogP contribution in [0.15, 0.2) is 18.2 Å². The van der Waals surface area contributed by atoms with Crippen LogP contribution in [-0.4, -0.2) is 6.54 Å². The Kier molecular flexibility index (Phi) is 2.54. The van der Waals surface area contributed by atoms with Crippen molar-refractivity contribution >= 4 is 11.6 Å². The Bertz CT molecular complexity index is 337. The second kappa shape index (κ2) is 3.56. The summed E-state index contributed by atoms with van der Waals surface area (Å²) in [6, 6.07) is 6.25. The average Bonchev–Trinajstić information content (AvgIpc) is 2.11. The Morgan fingerprint density at radius 3 is 2.64 bits per heavy atom. The van der Waals surface area contributed by atoms with E-state index in [4.69, 9.17) is 17.3 Å². The lowest BCUT2D eigenvalue weighted by atomic mass is 9.64. The smallest absolute Gasteiger partial charge is 0.0473 e. The minimum atomic E-state index is 0.184. The van der Waals surface area contributed by atoms with Crippen molar-refractivity contribution in [2.24, 2.45) is 5.73 Å². The molecule has 0 heterocycles. The van der Waals surface area contributed by atoms with Gasteiger partial charge in [0, 0.05) is 17.0 Å². The van der Waals surface area contributed by atoms with Crippen molar-refractivity contribution in [2.75, 3.05) is 6.54 Å². The highest BCUT2D eigenvalue weighted by Crippen LogP contribution is 2.45. The molecule has 0 aliphatic heterocycles. The van der Waals surface area contributed by atoms with Gasteiger partial charge in [0.05, 0.1) is 0 Å². The molecule has 0 aromatic heterocycles. The van der Waals surface area contributed by atoms with E-state index in [1.165, 1.54) is 24.8 Å². The summed E-state index contributed by atoms with van der Waals surface area (Å²) in [6.45, 7) is 2.77. The molecule has 0 radical (unpaired) electrons. The van der Waals surface area contributed by atoms with Gasteiger partial charge in [-0.15, -0.1) is 0 Å². The largest absolute Gasteiger partial charge is 0.330 e. The fraction of sp³-hybridized carbons (Fsp3) is 0.500. The van der Waals surface area contributed by atoms with Crippen LogP contribution in [0.25, 0.3) is 0 Å². The van der Waals surface area contributed by atoms with Gasteiger partial charge in [-0.1, -0.05) is 36.2 Å². The first-order chi connectivity index (χ1) is 6.69. The minimum absolute atomic E-state index is 0.184. The van der Waals surface area contributed by atoms with Crippen LogP contribution in [0.1, 0.15) is 30.4 Å². The Balaban J connectivity index is 2.45. The average molecular weight is 210 g/mol. The molecule has 1 fully saturated rings. The second-order valence-electron chi connectivity index (χ2n) is 4.27. The number of hydrogen-bond acceptors (Lipinski definition) is 1. The van der Waals surface area contributed by atoms with Gasteiger partial charge in [-0.2, -0.15) is 0 Å². The molecule has 0 atom stereocenters. The van der Waals surface area contributed by atoms with Gasteiger partial charge in [0.15, 0.2) is 0 Å². The molecule has 2 N–H and O–H groups in total. The number of aryl methyl sites for hydroxylation is 1. The van der Waals surface area contributed by atoms with E-state index < -0.39 is 0 Å². The zero-order valence-electron chi connectivity index (χ0n) is 8.52. The highest BCUT2D eigenvalue weighted by atomic mass is 35.5. The molecule has 0 spiro atoms. The summed E-state index contributed by atoms with van der Waals surface area (Å²) < 4.78 is 0. The van der Waals surface area contributed by atoms with Gasteiger partial charge in [-0.3, -0.25) is 0 Å². The molecule has 1 aliphatic rings. The third-order valence-corrected chi connectivity index (χ3v) is 3.97. The molecule has 1 aliphatic carbocycles. The predicted octanol–water partition coefficient (Wildman–Crippen LogP) is 3.03. The third kappa shape index (κ3) is 1.35. The van der Waals surface area contributed by atoms with Gasteiger partial charge in [-0.25, -0.2) is 0 Å². The lowest BCUT2D eigenvalue weighted by Gasteiger charge is -2.42. The van der Waals surface area contributed by atoms with Crippen molar-refractivity contribution in [2.45, 2.75) is 31.6 Å². The first-order valence-corrected chi connectivity index (χ1v) is 5.53. The van der Waals surface area contributed by atoms with E-state index >= 15 is 0 Å². The molecule has 0 bridgehead atoms. The van der Waals surface area contributed by atoms with Crippen LogP contribution >= 0.6 is 11.6 Å². The Hall–Kier alpha value is -0.530. The number of benzene rings is 1. The topological polar surface area (TPSA) is 26.0 Å². The molecule has 1 aromatic carbocycles. The predicted molar refractivity (Wildman–Crippen MR) is 60.8 cm³/mol. The SMILES string of the molecule is Cc1cccc(C2(CN)CCC2)c1Cl. The second-order valence-corrected chi connectivity index (χ2v) is 4.65. The summed E-state index contributed by atoms with van der Waals surface area (Å²) in [7, 11) is 0. The zero-order chi connectivity index (χ0) is 10.2. The quantitative estimate of drug-likeness (QED) is 0.796. The van der Waals surface area contributed by atoms with E-state index in [2.05, 4.69) is 25.1 Å². The van der Waals surface area contributed by atoms with Gasteiger partial charge in [0.2, 0.25) is 0 Å².